The van der Waals surface area contributed by atoms with Crippen LogP contribution in [0.25, 0.3) is 0 Å². The summed E-state index contributed by atoms with van der Waals surface area (Å²) in [7, 11) is 0. The summed E-state index contributed by atoms with van der Waals surface area (Å²) in [6.07, 6.45) is 1.57. The van der Waals surface area contributed by atoms with Crippen LogP contribution in [0.4, 0.5) is 4.39 Å². The molecule has 0 bridgehead atoms. The number of carbonyl (C=O) groups excluding carboxylic acids is 1. The summed E-state index contributed by atoms with van der Waals surface area (Å²) in [5.41, 5.74) is 0.968. The fourth-order valence-electron chi connectivity index (χ4n) is 2.27. The van der Waals surface area contributed by atoms with Crippen molar-refractivity contribution in [3.8, 4) is 0 Å². The lowest BCUT2D eigenvalue weighted by molar-refractivity contribution is -0.120. The molecule has 0 aliphatic carbocycles. The SMILES string of the molecule is CC(C)[C@@H](NCC(=O)NCc1ccco1)c1ccc(F)cc1. The Hall–Kier alpha value is -2.14. The topological polar surface area (TPSA) is 54.3 Å². The van der Waals surface area contributed by atoms with Crippen molar-refractivity contribution in [1.82, 2.24) is 10.6 Å². The highest BCUT2D eigenvalue weighted by atomic mass is 19.1. The Labute approximate surface area is 129 Å². The molecule has 1 amide bonds. The normalized spacial score (nSPS) is 12.4. The van der Waals surface area contributed by atoms with Crippen molar-refractivity contribution >= 4 is 5.91 Å². The molecular weight excluding hydrogens is 283 g/mol. The predicted octanol–water partition coefficient (Wildman–Crippen LogP) is 3.02. The van der Waals surface area contributed by atoms with Gasteiger partial charge in [0.15, 0.2) is 0 Å². The number of nitrogens with one attached hydrogen (secondary N) is 2. The number of carbonyl (C=O) groups is 1. The number of furan rings is 1. The van der Waals surface area contributed by atoms with E-state index in [0.29, 0.717) is 12.3 Å². The molecule has 5 heteroatoms. The maximum atomic E-state index is 13.0. The molecule has 0 aliphatic heterocycles. The molecule has 1 aromatic heterocycles. The van der Waals surface area contributed by atoms with Crippen molar-refractivity contribution < 1.29 is 13.6 Å². The molecule has 0 fully saturated rings. The van der Waals surface area contributed by atoms with Gasteiger partial charge in [-0.2, -0.15) is 0 Å². The van der Waals surface area contributed by atoms with E-state index in [4.69, 9.17) is 4.42 Å². The first-order valence-corrected chi connectivity index (χ1v) is 7.34. The van der Waals surface area contributed by atoms with Gasteiger partial charge in [0.1, 0.15) is 11.6 Å². The largest absolute Gasteiger partial charge is 0.467 e. The fourth-order valence-corrected chi connectivity index (χ4v) is 2.27. The van der Waals surface area contributed by atoms with Gasteiger partial charge in [0.2, 0.25) is 5.91 Å². The van der Waals surface area contributed by atoms with Gasteiger partial charge in [-0.25, -0.2) is 4.39 Å². The van der Waals surface area contributed by atoms with Crippen molar-refractivity contribution in [2.75, 3.05) is 6.54 Å². The van der Waals surface area contributed by atoms with E-state index >= 15 is 0 Å². The molecule has 0 saturated heterocycles. The second-order valence-electron chi connectivity index (χ2n) is 5.51. The van der Waals surface area contributed by atoms with Crippen LogP contribution in [0.1, 0.15) is 31.2 Å². The third-order valence-corrected chi connectivity index (χ3v) is 3.42. The van der Waals surface area contributed by atoms with Gasteiger partial charge in [-0.15, -0.1) is 0 Å². The summed E-state index contributed by atoms with van der Waals surface area (Å²) >= 11 is 0. The Balaban J connectivity index is 1.86. The number of benzene rings is 1. The van der Waals surface area contributed by atoms with E-state index in [2.05, 4.69) is 24.5 Å². The average Bonchev–Trinajstić information content (AvgIpc) is 3.00. The molecule has 1 atom stereocenters. The van der Waals surface area contributed by atoms with Crippen LogP contribution in [0.5, 0.6) is 0 Å². The molecule has 0 radical (unpaired) electrons. The maximum Gasteiger partial charge on any atom is 0.234 e. The van der Waals surface area contributed by atoms with Crippen molar-refractivity contribution in [2.24, 2.45) is 5.92 Å². The second kappa shape index (κ2) is 7.75. The molecular formula is C17H21FN2O2. The third kappa shape index (κ3) is 4.70. The van der Waals surface area contributed by atoms with E-state index in [9.17, 15) is 9.18 Å². The molecule has 0 spiro atoms. The number of halogens is 1. The van der Waals surface area contributed by atoms with Crippen LogP contribution in [-0.2, 0) is 11.3 Å². The van der Waals surface area contributed by atoms with Crippen molar-refractivity contribution in [1.29, 1.82) is 0 Å². The Kier molecular flexibility index (Phi) is 5.72. The highest BCUT2D eigenvalue weighted by molar-refractivity contribution is 5.77. The minimum absolute atomic E-state index is 0.00466. The van der Waals surface area contributed by atoms with E-state index < -0.39 is 0 Å². The summed E-state index contributed by atoms with van der Waals surface area (Å²) in [6.45, 7) is 4.68. The first-order chi connectivity index (χ1) is 10.6. The molecule has 1 aromatic carbocycles. The number of hydrogen-bond donors (Lipinski definition) is 2. The zero-order chi connectivity index (χ0) is 15.9. The van der Waals surface area contributed by atoms with Crippen LogP contribution in [0, 0.1) is 11.7 Å². The summed E-state index contributed by atoms with van der Waals surface area (Å²) in [6, 6.07) is 9.94. The summed E-state index contributed by atoms with van der Waals surface area (Å²) in [5, 5.41) is 6.00. The summed E-state index contributed by atoms with van der Waals surface area (Å²) in [5.74, 6) is 0.627. The van der Waals surface area contributed by atoms with Crippen molar-refractivity contribution in [2.45, 2.75) is 26.4 Å². The van der Waals surface area contributed by atoms with Crippen LogP contribution in [0.15, 0.2) is 47.1 Å². The van der Waals surface area contributed by atoms with E-state index in [0.717, 1.165) is 5.56 Å². The summed E-state index contributed by atoms with van der Waals surface area (Å²) in [4.78, 5) is 11.9. The van der Waals surface area contributed by atoms with Crippen LogP contribution in [0.3, 0.4) is 0 Å². The predicted molar refractivity (Wildman–Crippen MR) is 82.5 cm³/mol. The van der Waals surface area contributed by atoms with Gasteiger partial charge >= 0.3 is 0 Å². The fraction of sp³-hybridized carbons (Fsp3) is 0.353. The molecule has 118 valence electrons. The van der Waals surface area contributed by atoms with E-state index in [1.54, 1.807) is 24.5 Å². The molecule has 0 unspecified atom stereocenters. The quantitative estimate of drug-likeness (QED) is 0.826. The highest BCUT2D eigenvalue weighted by Gasteiger charge is 2.16. The average molecular weight is 304 g/mol. The monoisotopic (exact) mass is 304 g/mol. The number of hydrogen-bond acceptors (Lipinski definition) is 3. The minimum atomic E-state index is -0.262. The van der Waals surface area contributed by atoms with Gasteiger partial charge in [-0.1, -0.05) is 26.0 Å². The maximum absolute atomic E-state index is 13.0. The Morgan fingerprint density at radius 2 is 1.95 bits per heavy atom. The molecule has 2 rings (SSSR count). The minimum Gasteiger partial charge on any atom is -0.467 e. The van der Waals surface area contributed by atoms with Gasteiger partial charge in [-0.3, -0.25) is 4.79 Å². The molecule has 0 aliphatic rings. The lowest BCUT2D eigenvalue weighted by Crippen LogP contribution is -2.37. The molecule has 1 heterocycles. The van der Waals surface area contributed by atoms with Gasteiger partial charge in [-0.05, 0) is 35.7 Å². The third-order valence-electron chi connectivity index (χ3n) is 3.42. The zero-order valence-electron chi connectivity index (χ0n) is 12.8. The standard InChI is InChI=1S/C17H21FN2O2/c1-12(2)17(13-5-7-14(18)8-6-13)20-11-16(21)19-10-15-4-3-9-22-15/h3-9,12,17,20H,10-11H2,1-2H3,(H,19,21)/t17-/m1/s1. The van der Waals surface area contributed by atoms with Crippen molar-refractivity contribution in [3.05, 3.63) is 59.8 Å². The van der Waals surface area contributed by atoms with Gasteiger partial charge in [0.25, 0.3) is 0 Å². The first kappa shape index (κ1) is 16.2. The van der Waals surface area contributed by atoms with E-state index in [-0.39, 0.29) is 30.2 Å². The van der Waals surface area contributed by atoms with Crippen LogP contribution in [0.2, 0.25) is 0 Å². The van der Waals surface area contributed by atoms with Crippen LogP contribution in [-0.4, -0.2) is 12.5 Å². The molecule has 2 N–H and O–H groups in total. The second-order valence-corrected chi connectivity index (χ2v) is 5.51. The molecule has 4 nitrogen and oxygen atoms in total. The van der Waals surface area contributed by atoms with Crippen molar-refractivity contribution in [3.63, 3.8) is 0 Å². The first-order valence-electron chi connectivity index (χ1n) is 7.34. The smallest absolute Gasteiger partial charge is 0.234 e. The highest BCUT2D eigenvalue weighted by Crippen LogP contribution is 2.21. The van der Waals surface area contributed by atoms with Gasteiger partial charge < -0.3 is 15.1 Å². The van der Waals surface area contributed by atoms with E-state index in [1.165, 1.54) is 12.1 Å². The molecule has 2 aromatic rings. The lowest BCUT2D eigenvalue weighted by Gasteiger charge is -2.22. The van der Waals surface area contributed by atoms with Crippen LogP contribution >= 0.6 is 0 Å². The zero-order valence-corrected chi connectivity index (χ0v) is 12.8. The summed E-state index contributed by atoms with van der Waals surface area (Å²) < 4.78 is 18.2. The lowest BCUT2D eigenvalue weighted by atomic mass is 9.96. The number of rotatable bonds is 7. The van der Waals surface area contributed by atoms with Gasteiger partial charge in [0, 0.05) is 6.04 Å². The Morgan fingerprint density at radius 3 is 2.55 bits per heavy atom. The molecule has 22 heavy (non-hydrogen) atoms. The number of amides is 1. The Bertz CT molecular complexity index is 579. The van der Waals surface area contributed by atoms with Crippen LogP contribution < -0.4 is 10.6 Å². The Morgan fingerprint density at radius 1 is 1.23 bits per heavy atom. The molecule has 0 saturated carbocycles. The van der Waals surface area contributed by atoms with E-state index in [1.807, 2.05) is 6.07 Å². The van der Waals surface area contributed by atoms with Gasteiger partial charge in [0.05, 0.1) is 19.4 Å².